The van der Waals surface area contributed by atoms with Crippen molar-refractivity contribution in [2.24, 2.45) is 4.99 Å². The zero-order chi connectivity index (χ0) is 32.0. The van der Waals surface area contributed by atoms with E-state index < -0.39 is 0 Å². The third kappa shape index (κ3) is 4.87. The number of aliphatic imine (C=N–C) groups is 1. The summed E-state index contributed by atoms with van der Waals surface area (Å²) < 4.78 is 2.48. The monoisotopic (exact) mass is 607 g/mol. The molecule has 3 nitrogen and oxygen atoms in total. The Hall–Kier alpha value is -5.67. The number of nitrogens with one attached hydrogen (secondary N) is 1. The predicted octanol–water partition coefficient (Wildman–Crippen LogP) is 10.7. The normalized spacial score (nSPS) is 14.1. The Balaban J connectivity index is 1.26. The van der Waals surface area contributed by atoms with Crippen LogP contribution in [0.5, 0.6) is 0 Å². The summed E-state index contributed by atoms with van der Waals surface area (Å²) in [6.45, 7) is 8.67. The number of nitrogens with zero attached hydrogens (tertiary/aromatic N) is 2. The smallest absolute Gasteiger partial charge is 0.143 e. The molecule has 0 aliphatic heterocycles. The van der Waals surface area contributed by atoms with Crippen molar-refractivity contribution in [2.45, 2.75) is 31.8 Å². The molecular formula is C44H37N3. The summed E-state index contributed by atoms with van der Waals surface area (Å²) in [5, 5.41) is 7.58. The predicted molar refractivity (Wildman–Crippen MR) is 198 cm³/mol. The molecule has 6 aromatic carbocycles. The number of fused-ring (bicyclic) bond motifs is 7. The van der Waals surface area contributed by atoms with E-state index in [1.165, 1.54) is 49.6 Å². The largest absolute Gasteiger partial charge is 0.360 e. The summed E-state index contributed by atoms with van der Waals surface area (Å²) >= 11 is 0. The van der Waals surface area contributed by atoms with Crippen molar-refractivity contribution < 1.29 is 0 Å². The van der Waals surface area contributed by atoms with Crippen LogP contribution in [0.4, 0.5) is 0 Å². The molecule has 228 valence electrons. The Morgan fingerprint density at radius 1 is 0.745 bits per heavy atom. The van der Waals surface area contributed by atoms with Gasteiger partial charge in [0.15, 0.2) is 0 Å². The molecule has 0 radical (unpaired) electrons. The molecule has 1 N–H and O–H groups in total. The van der Waals surface area contributed by atoms with Gasteiger partial charge in [-0.1, -0.05) is 147 Å². The molecule has 1 aromatic heterocycles. The SMILES string of the molecule is C=NC(N/C(=C\Cc1ccccc1)c1ccc(-n2c3c(c4ccccc42)C(C)(C)c2ccc4ccccc4c2-3)cc1)c1ccccc1. The highest BCUT2D eigenvalue weighted by Crippen LogP contribution is 2.55. The summed E-state index contributed by atoms with van der Waals surface area (Å²) in [4.78, 5) is 4.46. The van der Waals surface area contributed by atoms with Gasteiger partial charge >= 0.3 is 0 Å². The van der Waals surface area contributed by atoms with E-state index in [4.69, 9.17) is 0 Å². The summed E-state index contributed by atoms with van der Waals surface area (Å²) in [6, 6.07) is 52.1. The Bertz CT molecular complexity index is 2270. The molecule has 0 spiro atoms. The molecule has 47 heavy (non-hydrogen) atoms. The van der Waals surface area contributed by atoms with E-state index in [-0.39, 0.29) is 11.6 Å². The van der Waals surface area contributed by atoms with Crippen molar-refractivity contribution in [3.05, 3.63) is 179 Å². The maximum absolute atomic E-state index is 4.46. The van der Waals surface area contributed by atoms with Crippen LogP contribution >= 0.6 is 0 Å². The minimum Gasteiger partial charge on any atom is -0.360 e. The molecule has 0 fully saturated rings. The number of para-hydroxylation sites is 1. The highest BCUT2D eigenvalue weighted by molar-refractivity contribution is 6.07. The number of aromatic nitrogens is 1. The van der Waals surface area contributed by atoms with Crippen LogP contribution in [0.1, 0.15) is 47.8 Å². The molecular weight excluding hydrogens is 571 g/mol. The minimum absolute atomic E-state index is 0.124. The second kappa shape index (κ2) is 11.6. The van der Waals surface area contributed by atoms with E-state index in [0.717, 1.165) is 28.9 Å². The van der Waals surface area contributed by atoms with Gasteiger partial charge in [-0.15, -0.1) is 0 Å². The van der Waals surface area contributed by atoms with Crippen LogP contribution in [0.2, 0.25) is 0 Å². The summed E-state index contributed by atoms with van der Waals surface area (Å²) in [5.74, 6) is 0. The van der Waals surface area contributed by atoms with E-state index in [0.29, 0.717) is 0 Å². The molecule has 0 amide bonds. The van der Waals surface area contributed by atoms with Crippen LogP contribution in [0, 0.1) is 0 Å². The van der Waals surface area contributed by atoms with Gasteiger partial charge in [0.1, 0.15) is 6.17 Å². The highest BCUT2D eigenvalue weighted by Gasteiger charge is 2.41. The lowest BCUT2D eigenvalue weighted by atomic mass is 9.81. The van der Waals surface area contributed by atoms with E-state index in [2.05, 4.69) is 169 Å². The van der Waals surface area contributed by atoms with Gasteiger partial charge in [-0.25, -0.2) is 0 Å². The van der Waals surface area contributed by atoms with Crippen LogP contribution in [0.15, 0.2) is 157 Å². The van der Waals surface area contributed by atoms with E-state index in [9.17, 15) is 0 Å². The molecule has 0 saturated heterocycles. The number of benzene rings is 6. The molecule has 1 aliphatic carbocycles. The van der Waals surface area contributed by atoms with Gasteiger partial charge in [0.25, 0.3) is 0 Å². The zero-order valence-corrected chi connectivity index (χ0v) is 26.8. The molecule has 3 heteroatoms. The summed E-state index contributed by atoms with van der Waals surface area (Å²) in [7, 11) is 0. The highest BCUT2D eigenvalue weighted by atomic mass is 15.1. The molecule has 0 saturated carbocycles. The molecule has 1 atom stereocenters. The van der Waals surface area contributed by atoms with Crippen LogP contribution in [0.3, 0.4) is 0 Å². The summed E-state index contributed by atoms with van der Waals surface area (Å²) in [6.07, 6.45) is 2.80. The Morgan fingerprint density at radius 3 is 2.15 bits per heavy atom. The number of allylic oxidation sites excluding steroid dienone is 1. The maximum atomic E-state index is 4.46. The fourth-order valence-corrected chi connectivity index (χ4v) is 7.46. The average molecular weight is 608 g/mol. The van der Waals surface area contributed by atoms with Crippen molar-refractivity contribution in [1.29, 1.82) is 0 Å². The minimum atomic E-state index is -0.262. The van der Waals surface area contributed by atoms with E-state index >= 15 is 0 Å². The van der Waals surface area contributed by atoms with Gasteiger partial charge in [-0.2, -0.15) is 0 Å². The summed E-state index contributed by atoms with van der Waals surface area (Å²) in [5.41, 5.74) is 12.2. The van der Waals surface area contributed by atoms with Gasteiger partial charge in [0, 0.05) is 27.7 Å². The second-order valence-electron chi connectivity index (χ2n) is 12.9. The molecule has 0 bridgehead atoms. The third-order valence-electron chi connectivity index (χ3n) is 9.75. The van der Waals surface area contributed by atoms with Gasteiger partial charge in [0.2, 0.25) is 0 Å². The van der Waals surface area contributed by atoms with Crippen molar-refractivity contribution in [3.63, 3.8) is 0 Å². The van der Waals surface area contributed by atoms with Gasteiger partial charge in [-0.3, -0.25) is 4.99 Å². The van der Waals surface area contributed by atoms with Gasteiger partial charge in [0.05, 0.1) is 11.2 Å². The Morgan fingerprint density at radius 2 is 1.40 bits per heavy atom. The molecule has 8 rings (SSSR count). The van der Waals surface area contributed by atoms with E-state index in [1.807, 2.05) is 18.2 Å². The maximum Gasteiger partial charge on any atom is 0.143 e. The first-order chi connectivity index (χ1) is 23.0. The number of hydrogen-bond acceptors (Lipinski definition) is 2. The first kappa shape index (κ1) is 28.8. The first-order valence-electron chi connectivity index (χ1n) is 16.3. The Labute approximate surface area is 276 Å². The van der Waals surface area contributed by atoms with Crippen LogP contribution < -0.4 is 5.32 Å². The van der Waals surface area contributed by atoms with Crippen LogP contribution in [-0.2, 0) is 11.8 Å². The van der Waals surface area contributed by atoms with Crippen molar-refractivity contribution in [1.82, 2.24) is 9.88 Å². The lowest BCUT2D eigenvalue weighted by Gasteiger charge is -2.22. The Kier molecular flexibility index (Phi) is 7.10. The van der Waals surface area contributed by atoms with Crippen LogP contribution in [-0.4, -0.2) is 11.3 Å². The van der Waals surface area contributed by atoms with Crippen molar-refractivity contribution in [2.75, 3.05) is 0 Å². The van der Waals surface area contributed by atoms with Crippen LogP contribution in [0.25, 0.3) is 44.3 Å². The van der Waals surface area contributed by atoms with Crippen molar-refractivity contribution >= 4 is 34.1 Å². The van der Waals surface area contributed by atoms with E-state index in [1.54, 1.807) is 0 Å². The fourth-order valence-electron chi connectivity index (χ4n) is 7.46. The molecule has 7 aromatic rings. The zero-order valence-electron chi connectivity index (χ0n) is 26.8. The first-order valence-corrected chi connectivity index (χ1v) is 16.3. The third-order valence-corrected chi connectivity index (χ3v) is 9.75. The standard InChI is InChI=1S/C44H37N3/c1-44(2)37-28-25-31-16-10-11-19-35(31)40(37)42-41(44)36-20-12-13-21-39(36)47(42)34-26-23-32(24-27-34)38(29-22-30-14-6-4-7-15-30)46-43(45-3)33-17-8-5-9-18-33/h4-21,23-29,43,46H,3,22H2,1-2H3/b38-29-. The van der Waals surface area contributed by atoms with Gasteiger partial charge < -0.3 is 9.88 Å². The topological polar surface area (TPSA) is 29.3 Å². The van der Waals surface area contributed by atoms with Gasteiger partial charge in [-0.05, 0) is 69.9 Å². The lowest BCUT2D eigenvalue weighted by molar-refractivity contribution is 0.667. The lowest BCUT2D eigenvalue weighted by Crippen LogP contribution is -2.18. The quantitative estimate of drug-likeness (QED) is 0.171. The molecule has 1 unspecified atom stereocenters. The fraction of sp³-hybridized carbons (Fsp3) is 0.114. The number of rotatable bonds is 8. The average Bonchev–Trinajstić information content (AvgIpc) is 3.59. The van der Waals surface area contributed by atoms with Crippen molar-refractivity contribution in [3.8, 4) is 16.9 Å². The molecule has 1 aliphatic rings. The molecule has 1 heterocycles. The second-order valence-corrected chi connectivity index (χ2v) is 12.9. The number of hydrogen-bond donors (Lipinski definition) is 1.